The number of nitrogen functional groups attached to an aromatic ring is 1. The van der Waals surface area contributed by atoms with E-state index in [2.05, 4.69) is 10.3 Å². The molecule has 0 saturated heterocycles. The van der Waals surface area contributed by atoms with Crippen LogP contribution in [0.15, 0.2) is 53.4 Å². The van der Waals surface area contributed by atoms with Gasteiger partial charge in [-0.15, -0.1) is 0 Å². The third kappa shape index (κ3) is 4.26. The Morgan fingerprint density at radius 3 is 2.30 bits per heavy atom. The molecule has 0 aliphatic rings. The van der Waals surface area contributed by atoms with E-state index in [9.17, 15) is 13.2 Å². The summed E-state index contributed by atoms with van der Waals surface area (Å²) < 4.78 is 28.2. The number of methoxy groups -OCH3 is 1. The number of ketones is 1. The van der Waals surface area contributed by atoms with Gasteiger partial charge in [0.25, 0.3) is 0 Å². The quantitative estimate of drug-likeness (QED) is 0.608. The van der Waals surface area contributed by atoms with Crippen molar-refractivity contribution < 1.29 is 17.9 Å². The molecule has 1 heterocycles. The summed E-state index contributed by atoms with van der Waals surface area (Å²) in [6.07, 6.45) is 1.11. The first-order chi connectivity index (χ1) is 12.8. The highest BCUT2D eigenvalue weighted by molar-refractivity contribution is 7.90. The fraction of sp³-hybridized carbons (Fsp3) is 0.111. The van der Waals surface area contributed by atoms with Gasteiger partial charge in [-0.25, -0.2) is 13.4 Å². The maximum absolute atomic E-state index is 12.7. The fourth-order valence-corrected chi connectivity index (χ4v) is 3.83. The van der Waals surface area contributed by atoms with Crippen LogP contribution in [-0.2, 0) is 9.84 Å². The van der Waals surface area contributed by atoms with Gasteiger partial charge in [-0.2, -0.15) is 0 Å². The normalized spacial score (nSPS) is 11.2. The van der Waals surface area contributed by atoms with Gasteiger partial charge in [-0.1, -0.05) is 11.3 Å². The SMILES string of the molecule is COc1ccc(Nc2nc(N)c(C(=O)c3ccc(S(C)(=O)=O)cc3)s2)cc1. The molecule has 0 saturated carbocycles. The molecule has 0 amide bonds. The van der Waals surface area contributed by atoms with E-state index in [0.717, 1.165) is 29.0 Å². The van der Waals surface area contributed by atoms with Crippen LogP contribution in [0.4, 0.5) is 16.6 Å². The van der Waals surface area contributed by atoms with E-state index in [-0.39, 0.29) is 21.4 Å². The molecule has 0 atom stereocenters. The van der Waals surface area contributed by atoms with Crippen molar-refractivity contribution in [3.63, 3.8) is 0 Å². The minimum absolute atomic E-state index is 0.119. The van der Waals surface area contributed by atoms with Crippen molar-refractivity contribution in [1.29, 1.82) is 0 Å². The van der Waals surface area contributed by atoms with E-state index in [1.807, 2.05) is 12.1 Å². The van der Waals surface area contributed by atoms with Gasteiger partial charge in [0.15, 0.2) is 15.0 Å². The minimum Gasteiger partial charge on any atom is -0.497 e. The zero-order valence-electron chi connectivity index (χ0n) is 14.6. The van der Waals surface area contributed by atoms with Crippen LogP contribution < -0.4 is 15.8 Å². The van der Waals surface area contributed by atoms with Crippen molar-refractivity contribution in [2.75, 3.05) is 24.4 Å². The van der Waals surface area contributed by atoms with Gasteiger partial charge in [-0.3, -0.25) is 4.79 Å². The first-order valence-corrected chi connectivity index (χ1v) is 10.5. The van der Waals surface area contributed by atoms with E-state index >= 15 is 0 Å². The molecular weight excluding hydrogens is 386 g/mol. The lowest BCUT2D eigenvalue weighted by molar-refractivity contribution is 0.104. The lowest BCUT2D eigenvalue weighted by Crippen LogP contribution is -2.04. The third-order valence-electron chi connectivity index (χ3n) is 3.75. The van der Waals surface area contributed by atoms with Crippen molar-refractivity contribution in [1.82, 2.24) is 4.98 Å². The summed E-state index contributed by atoms with van der Waals surface area (Å²) in [4.78, 5) is 17.3. The molecule has 0 aliphatic heterocycles. The van der Waals surface area contributed by atoms with Crippen LogP contribution in [0.2, 0.25) is 0 Å². The number of carbonyl (C=O) groups excluding carboxylic acids is 1. The van der Waals surface area contributed by atoms with Crippen LogP contribution in [0.25, 0.3) is 0 Å². The van der Waals surface area contributed by atoms with Gasteiger partial charge in [-0.05, 0) is 48.5 Å². The highest BCUT2D eigenvalue weighted by Gasteiger charge is 2.19. The maximum Gasteiger partial charge on any atom is 0.206 e. The fourth-order valence-electron chi connectivity index (χ4n) is 2.33. The highest BCUT2D eigenvalue weighted by atomic mass is 32.2. The molecular formula is C18H17N3O4S2. The van der Waals surface area contributed by atoms with Crippen LogP contribution in [0.3, 0.4) is 0 Å². The number of ether oxygens (including phenoxy) is 1. The number of carbonyl (C=O) groups is 1. The average molecular weight is 403 g/mol. The molecule has 7 nitrogen and oxygen atoms in total. The number of thiazole rings is 1. The second kappa shape index (κ2) is 7.37. The van der Waals surface area contributed by atoms with Crippen LogP contribution in [0, 0.1) is 0 Å². The summed E-state index contributed by atoms with van der Waals surface area (Å²) in [5, 5.41) is 3.57. The molecule has 9 heteroatoms. The van der Waals surface area contributed by atoms with Crippen molar-refractivity contribution in [3.8, 4) is 5.75 Å². The molecule has 0 unspecified atom stereocenters. The Hall–Kier alpha value is -2.91. The Kier molecular flexibility index (Phi) is 5.15. The molecule has 0 fully saturated rings. The number of sulfone groups is 1. The lowest BCUT2D eigenvalue weighted by Gasteiger charge is -2.03. The van der Waals surface area contributed by atoms with Gasteiger partial charge in [0.05, 0.1) is 12.0 Å². The smallest absolute Gasteiger partial charge is 0.206 e. The zero-order chi connectivity index (χ0) is 19.6. The van der Waals surface area contributed by atoms with Gasteiger partial charge >= 0.3 is 0 Å². The van der Waals surface area contributed by atoms with Gasteiger partial charge < -0.3 is 15.8 Å². The van der Waals surface area contributed by atoms with Crippen LogP contribution >= 0.6 is 11.3 Å². The molecule has 3 N–H and O–H groups in total. The first-order valence-electron chi connectivity index (χ1n) is 7.80. The molecule has 27 heavy (non-hydrogen) atoms. The maximum atomic E-state index is 12.7. The molecule has 2 aromatic carbocycles. The summed E-state index contributed by atoms with van der Waals surface area (Å²) in [7, 11) is -1.73. The number of hydrogen-bond donors (Lipinski definition) is 2. The monoisotopic (exact) mass is 403 g/mol. The predicted octanol–water partition coefficient (Wildman–Crippen LogP) is 3.11. The number of anilines is 3. The molecule has 3 rings (SSSR count). The van der Waals surface area contributed by atoms with Crippen molar-refractivity contribution >= 4 is 43.6 Å². The lowest BCUT2D eigenvalue weighted by atomic mass is 10.1. The molecule has 140 valence electrons. The van der Waals surface area contributed by atoms with Gasteiger partial charge in [0.2, 0.25) is 5.78 Å². The van der Waals surface area contributed by atoms with E-state index in [1.54, 1.807) is 19.2 Å². The Labute approximate surface area is 160 Å². The first kappa shape index (κ1) is 18.9. The Balaban J connectivity index is 1.81. The van der Waals surface area contributed by atoms with E-state index in [1.165, 1.54) is 24.3 Å². The Bertz CT molecular complexity index is 1070. The molecule has 3 aromatic rings. The molecule has 0 radical (unpaired) electrons. The second-order valence-corrected chi connectivity index (χ2v) is 8.73. The van der Waals surface area contributed by atoms with Crippen molar-refractivity contribution in [3.05, 3.63) is 59.0 Å². The molecule has 0 aliphatic carbocycles. The van der Waals surface area contributed by atoms with Crippen molar-refractivity contribution in [2.45, 2.75) is 4.90 Å². The summed E-state index contributed by atoms with van der Waals surface area (Å²) in [5.41, 5.74) is 7.02. The van der Waals surface area contributed by atoms with E-state index in [0.29, 0.717) is 10.7 Å². The van der Waals surface area contributed by atoms with E-state index in [4.69, 9.17) is 10.5 Å². The highest BCUT2D eigenvalue weighted by Crippen LogP contribution is 2.30. The summed E-state index contributed by atoms with van der Waals surface area (Å²) in [6.45, 7) is 0. The number of rotatable bonds is 6. The molecule has 0 spiro atoms. The molecule has 0 bridgehead atoms. The second-order valence-electron chi connectivity index (χ2n) is 5.71. The van der Waals surface area contributed by atoms with Crippen molar-refractivity contribution in [2.24, 2.45) is 0 Å². The zero-order valence-corrected chi connectivity index (χ0v) is 16.2. The number of benzene rings is 2. The summed E-state index contributed by atoms with van der Waals surface area (Å²) >= 11 is 1.13. The summed E-state index contributed by atoms with van der Waals surface area (Å²) in [6, 6.07) is 13.0. The number of nitrogens with zero attached hydrogens (tertiary/aromatic N) is 1. The Morgan fingerprint density at radius 2 is 1.74 bits per heavy atom. The van der Waals surface area contributed by atoms with Crippen LogP contribution in [0.1, 0.15) is 15.2 Å². The average Bonchev–Trinajstić information content (AvgIpc) is 3.01. The van der Waals surface area contributed by atoms with E-state index < -0.39 is 9.84 Å². The van der Waals surface area contributed by atoms with Gasteiger partial charge in [0.1, 0.15) is 16.4 Å². The Morgan fingerprint density at radius 1 is 1.11 bits per heavy atom. The van der Waals surface area contributed by atoms with Gasteiger partial charge in [0, 0.05) is 17.5 Å². The minimum atomic E-state index is -3.32. The number of aromatic nitrogens is 1. The number of nitrogens with two attached hydrogens (primary N) is 1. The molecule has 1 aromatic heterocycles. The topological polar surface area (TPSA) is 111 Å². The number of hydrogen-bond acceptors (Lipinski definition) is 8. The summed E-state index contributed by atoms with van der Waals surface area (Å²) in [5.74, 6) is 0.536. The largest absolute Gasteiger partial charge is 0.497 e. The van der Waals surface area contributed by atoms with Crippen LogP contribution in [-0.4, -0.2) is 32.6 Å². The number of nitrogens with one attached hydrogen (secondary N) is 1. The standard InChI is InChI=1S/C18H17N3O4S2/c1-25-13-7-5-12(6-8-13)20-18-21-17(19)16(26-18)15(22)11-3-9-14(10-4-11)27(2,23)24/h3-10H,19H2,1-2H3,(H,20,21). The predicted molar refractivity (Wildman–Crippen MR) is 106 cm³/mol. The van der Waals surface area contributed by atoms with Crippen LogP contribution in [0.5, 0.6) is 5.75 Å². The third-order valence-corrected chi connectivity index (χ3v) is 5.86.